The molecule has 5 heteroatoms. The highest BCUT2D eigenvalue weighted by atomic mass is 35.5. The molecule has 0 spiro atoms. The minimum Gasteiger partial charge on any atom is -0.271 e. The van der Waals surface area contributed by atoms with Gasteiger partial charge in [-0.25, -0.2) is 0 Å². The first-order valence-corrected chi connectivity index (χ1v) is 6.25. The Morgan fingerprint density at radius 3 is 2.50 bits per heavy atom. The zero-order chi connectivity index (χ0) is 13.0. The largest absolute Gasteiger partial charge is 0.271 e. The van der Waals surface area contributed by atoms with E-state index in [0.29, 0.717) is 10.0 Å². The fourth-order valence-electron chi connectivity index (χ4n) is 1.80. The van der Waals surface area contributed by atoms with Crippen LogP contribution in [0.4, 0.5) is 0 Å². The monoisotopic (exact) mass is 281 g/mol. The van der Waals surface area contributed by atoms with Crippen LogP contribution in [0.15, 0.2) is 42.7 Å². The summed E-state index contributed by atoms with van der Waals surface area (Å²) in [5, 5.41) is 1.20. The van der Waals surface area contributed by atoms with E-state index in [2.05, 4.69) is 10.4 Å². The maximum atomic E-state index is 5.99. The van der Waals surface area contributed by atoms with Gasteiger partial charge in [0, 0.05) is 22.4 Å². The summed E-state index contributed by atoms with van der Waals surface area (Å²) in [6, 6.07) is 9.26. The highest BCUT2D eigenvalue weighted by molar-refractivity contribution is 6.34. The minimum atomic E-state index is -0.0506. The molecule has 0 aliphatic carbocycles. The van der Waals surface area contributed by atoms with Crippen molar-refractivity contribution in [2.75, 3.05) is 0 Å². The standard InChI is InChI=1S/C13H13Cl2N3/c14-11-5-10(6-12(15)7-11)13(18-16)4-9-2-1-3-17-8-9/h1-3,5-8,13,18H,4,16H2. The Bertz CT molecular complexity index is 497. The first-order chi connectivity index (χ1) is 8.69. The van der Waals surface area contributed by atoms with E-state index < -0.39 is 0 Å². The smallest absolute Gasteiger partial charge is 0.0501 e. The predicted octanol–water partition coefficient (Wildman–Crippen LogP) is 3.14. The Kier molecular flexibility index (Phi) is 4.55. The van der Waals surface area contributed by atoms with Crippen LogP contribution >= 0.6 is 23.2 Å². The fraction of sp³-hybridized carbons (Fsp3) is 0.154. The molecule has 1 aromatic heterocycles. The second-order valence-electron chi connectivity index (χ2n) is 3.99. The average Bonchev–Trinajstić information content (AvgIpc) is 2.36. The summed E-state index contributed by atoms with van der Waals surface area (Å²) in [6.45, 7) is 0. The van der Waals surface area contributed by atoms with Crippen LogP contribution < -0.4 is 11.3 Å². The Morgan fingerprint density at radius 2 is 1.94 bits per heavy atom. The van der Waals surface area contributed by atoms with Gasteiger partial charge in [0.25, 0.3) is 0 Å². The second kappa shape index (κ2) is 6.16. The van der Waals surface area contributed by atoms with Gasteiger partial charge in [-0.3, -0.25) is 16.3 Å². The third-order valence-electron chi connectivity index (χ3n) is 2.65. The van der Waals surface area contributed by atoms with Crippen molar-refractivity contribution in [3.05, 3.63) is 63.9 Å². The Balaban J connectivity index is 2.23. The molecule has 0 saturated heterocycles. The van der Waals surface area contributed by atoms with Crippen molar-refractivity contribution < 1.29 is 0 Å². The van der Waals surface area contributed by atoms with Crippen LogP contribution in [0, 0.1) is 0 Å². The van der Waals surface area contributed by atoms with Crippen molar-refractivity contribution >= 4 is 23.2 Å². The summed E-state index contributed by atoms with van der Waals surface area (Å²) in [5.74, 6) is 5.60. The van der Waals surface area contributed by atoms with E-state index in [9.17, 15) is 0 Å². The summed E-state index contributed by atoms with van der Waals surface area (Å²) in [5.41, 5.74) is 4.83. The van der Waals surface area contributed by atoms with Crippen LogP contribution in [-0.2, 0) is 6.42 Å². The van der Waals surface area contributed by atoms with Gasteiger partial charge < -0.3 is 0 Å². The molecule has 2 rings (SSSR count). The molecule has 1 heterocycles. The summed E-state index contributed by atoms with van der Waals surface area (Å²) < 4.78 is 0. The molecule has 0 aliphatic heterocycles. The van der Waals surface area contributed by atoms with E-state index in [1.165, 1.54) is 0 Å². The van der Waals surface area contributed by atoms with Crippen LogP contribution in [0.5, 0.6) is 0 Å². The van der Waals surface area contributed by atoms with Crippen LogP contribution in [0.2, 0.25) is 10.0 Å². The van der Waals surface area contributed by atoms with Crippen molar-refractivity contribution in [3.8, 4) is 0 Å². The van der Waals surface area contributed by atoms with Gasteiger partial charge >= 0.3 is 0 Å². The van der Waals surface area contributed by atoms with E-state index in [0.717, 1.165) is 17.5 Å². The summed E-state index contributed by atoms with van der Waals surface area (Å²) in [7, 11) is 0. The zero-order valence-electron chi connectivity index (χ0n) is 9.61. The van der Waals surface area contributed by atoms with E-state index in [-0.39, 0.29) is 6.04 Å². The van der Waals surface area contributed by atoms with Crippen LogP contribution in [-0.4, -0.2) is 4.98 Å². The third kappa shape index (κ3) is 3.43. The predicted molar refractivity (Wildman–Crippen MR) is 74.5 cm³/mol. The lowest BCUT2D eigenvalue weighted by Crippen LogP contribution is -2.29. The number of hydrogen-bond donors (Lipinski definition) is 2. The minimum absolute atomic E-state index is 0.0506. The highest BCUT2D eigenvalue weighted by Crippen LogP contribution is 2.25. The Labute approximate surface area is 116 Å². The number of aromatic nitrogens is 1. The maximum absolute atomic E-state index is 5.99. The van der Waals surface area contributed by atoms with E-state index in [1.54, 1.807) is 12.3 Å². The molecule has 18 heavy (non-hydrogen) atoms. The molecule has 94 valence electrons. The van der Waals surface area contributed by atoms with E-state index >= 15 is 0 Å². The van der Waals surface area contributed by atoms with Gasteiger partial charge in [-0.15, -0.1) is 0 Å². The number of benzene rings is 1. The van der Waals surface area contributed by atoms with Gasteiger partial charge in [0.1, 0.15) is 0 Å². The Morgan fingerprint density at radius 1 is 1.22 bits per heavy atom. The van der Waals surface area contributed by atoms with Crippen LogP contribution in [0.3, 0.4) is 0 Å². The molecular weight excluding hydrogens is 269 g/mol. The lowest BCUT2D eigenvalue weighted by atomic mass is 10.0. The number of nitrogens with one attached hydrogen (secondary N) is 1. The van der Waals surface area contributed by atoms with Crippen molar-refractivity contribution in [2.24, 2.45) is 5.84 Å². The zero-order valence-corrected chi connectivity index (χ0v) is 11.1. The van der Waals surface area contributed by atoms with Crippen molar-refractivity contribution in [1.82, 2.24) is 10.4 Å². The van der Waals surface area contributed by atoms with Crippen molar-refractivity contribution in [2.45, 2.75) is 12.5 Å². The number of nitrogens with two attached hydrogens (primary N) is 1. The normalized spacial score (nSPS) is 12.4. The lowest BCUT2D eigenvalue weighted by Gasteiger charge is -2.17. The van der Waals surface area contributed by atoms with Gasteiger partial charge in [0.2, 0.25) is 0 Å². The lowest BCUT2D eigenvalue weighted by molar-refractivity contribution is 0.551. The number of hydrogen-bond acceptors (Lipinski definition) is 3. The summed E-state index contributed by atoms with van der Waals surface area (Å²) in [6.07, 6.45) is 4.28. The molecule has 0 radical (unpaired) electrons. The summed E-state index contributed by atoms with van der Waals surface area (Å²) >= 11 is 12.0. The molecule has 2 aromatic rings. The van der Waals surface area contributed by atoms with Gasteiger partial charge in [0.15, 0.2) is 0 Å². The molecule has 1 unspecified atom stereocenters. The second-order valence-corrected chi connectivity index (χ2v) is 4.86. The number of hydrazine groups is 1. The summed E-state index contributed by atoms with van der Waals surface area (Å²) in [4.78, 5) is 4.08. The topological polar surface area (TPSA) is 50.9 Å². The quantitative estimate of drug-likeness (QED) is 0.669. The van der Waals surface area contributed by atoms with Gasteiger partial charge in [0.05, 0.1) is 6.04 Å². The third-order valence-corrected chi connectivity index (χ3v) is 3.09. The first kappa shape index (κ1) is 13.3. The first-order valence-electron chi connectivity index (χ1n) is 5.50. The molecule has 1 aromatic carbocycles. The molecule has 1 atom stereocenters. The van der Waals surface area contributed by atoms with Crippen molar-refractivity contribution in [1.29, 1.82) is 0 Å². The molecule has 0 fully saturated rings. The molecule has 0 bridgehead atoms. The fourth-order valence-corrected chi connectivity index (χ4v) is 2.35. The van der Waals surface area contributed by atoms with Crippen molar-refractivity contribution in [3.63, 3.8) is 0 Å². The highest BCUT2D eigenvalue weighted by Gasteiger charge is 2.12. The van der Waals surface area contributed by atoms with E-state index in [1.807, 2.05) is 30.5 Å². The molecular formula is C13H13Cl2N3. The van der Waals surface area contributed by atoms with Gasteiger partial charge in [-0.05, 0) is 41.8 Å². The van der Waals surface area contributed by atoms with Gasteiger partial charge in [-0.1, -0.05) is 29.3 Å². The average molecular weight is 282 g/mol. The number of halogens is 2. The number of rotatable bonds is 4. The molecule has 3 N–H and O–H groups in total. The molecule has 0 saturated carbocycles. The number of pyridine rings is 1. The molecule has 0 amide bonds. The maximum Gasteiger partial charge on any atom is 0.0501 e. The molecule has 0 aliphatic rings. The van der Waals surface area contributed by atoms with E-state index in [4.69, 9.17) is 29.0 Å². The SMILES string of the molecule is NNC(Cc1cccnc1)c1cc(Cl)cc(Cl)c1. The van der Waals surface area contributed by atoms with Crippen LogP contribution in [0.25, 0.3) is 0 Å². The van der Waals surface area contributed by atoms with Gasteiger partial charge in [-0.2, -0.15) is 0 Å². The van der Waals surface area contributed by atoms with Crippen LogP contribution in [0.1, 0.15) is 17.2 Å². The Hall–Kier alpha value is -1.13. The molecule has 3 nitrogen and oxygen atoms in total. The number of nitrogens with zero attached hydrogens (tertiary/aromatic N) is 1.